The third-order valence-electron chi connectivity index (χ3n) is 5.19. The summed E-state index contributed by atoms with van der Waals surface area (Å²) in [5.74, 6) is 1.86. The molecule has 1 atom stereocenters. The molecule has 2 aromatic carbocycles. The van der Waals surface area contributed by atoms with Crippen molar-refractivity contribution >= 4 is 30.5 Å². The van der Waals surface area contributed by atoms with Crippen LogP contribution in [0.5, 0.6) is 17.2 Å². The number of piperazine rings is 1. The summed E-state index contributed by atoms with van der Waals surface area (Å²) in [6.45, 7) is 8.08. The molecule has 30 heavy (non-hydrogen) atoms. The maximum atomic E-state index is 10.4. The highest BCUT2D eigenvalue weighted by atomic mass is 35.5. The van der Waals surface area contributed by atoms with Crippen LogP contribution in [-0.4, -0.2) is 67.7 Å². The van der Waals surface area contributed by atoms with Gasteiger partial charge in [0, 0.05) is 32.7 Å². The van der Waals surface area contributed by atoms with Gasteiger partial charge in [-0.1, -0.05) is 12.1 Å². The van der Waals surface area contributed by atoms with E-state index in [1.807, 2.05) is 38.1 Å². The maximum Gasteiger partial charge on any atom is 0.142 e. The minimum atomic E-state index is -0.564. The van der Waals surface area contributed by atoms with Crippen LogP contribution in [0.15, 0.2) is 36.4 Å². The minimum absolute atomic E-state index is 0. The van der Waals surface area contributed by atoms with Crippen LogP contribution in [-0.2, 0) is 0 Å². The second-order valence-corrected chi connectivity index (χ2v) is 7.33. The van der Waals surface area contributed by atoms with Crippen molar-refractivity contribution in [1.29, 1.82) is 0 Å². The highest BCUT2D eigenvalue weighted by molar-refractivity contribution is 5.85. The number of rotatable bonds is 7. The number of aliphatic hydroxyl groups is 1. The van der Waals surface area contributed by atoms with Crippen LogP contribution in [0, 0.1) is 13.8 Å². The summed E-state index contributed by atoms with van der Waals surface area (Å²) in [7, 11) is 1.70. The summed E-state index contributed by atoms with van der Waals surface area (Å²) in [6, 6.07) is 11.6. The van der Waals surface area contributed by atoms with E-state index in [1.165, 1.54) is 0 Å². The Bertz CT molecular complexity index is 799. The number of halogens is 2. The van der Waals surface area contributed by atoms with Gasteiger partial charge < -0.3 is 24.6 Å². The molecule has 0 saturated carbocycles. The first-order valence-corrected chi connectivity index (χ1v) is 9.69. The number of methoxy groups -OCH3 is 1. The van der Waals surface area contributed by atoms with E-state index in [4.69, 9.17) is 9.47 Å². The van der Waals surface area contributed by atoms with Crippen LogP contribution >= 0.6 is 24.8 Å². The van der Waals surface area contributed by atoms with Crippen LogP contribution in [0.3, 0.4) is 0 Å². The van der Waals surface area contributed by atoms with E-state index in [0.717, 1.165) is 48.7 Å². The highest BCUT2D eigenvalue weighted by Gasteiger charge is 2.21. The van der Waals surface area contributed by atoms with Crippen molar-refractivity contribution in [1.82, 2.24) is 4.90 Å². The normalized spacial score (nSPS) is 15.0. The Morgan fingerprint density at radius 2 is 1.63 bits per heavy atom. The van der Waals surface area contributed by atoms with Crippen molar-refractivity contribution in [3.8, 4) is 17.2 Å². The van der Waals surface area contributed by atoms with Gasteiger partial charge in [-0.15, -0.1) is 24.8 Å². The van der Waals surface area contributed by atoms with Crippen molar-refractivity contribution in [2.24, 2.45) is 0 Å². The molecule has 6 nitrogen and oxygen atoms in total. The van der Waals surface area contributed by atoms with Gasteiger partial charge in [-0.05, 0) is 49.2 Å². The molecule has 1 unspecified atom stereocenters. The minimum Gasteiger partial charge on any atom is -0.508 e. The number of aromatic hydroxyl groups is 1. The summed E-state index contributed by atoms with van der Waals surface area (Å²) < 4.78 is 11.2. The topological polar surface area (TPSA) is 65.4 Å². The standard InChI is InChI=1S/C22H30N2O4.2ClH/c1-16-13-22(17(2)12-20(16)26)28-15-18(25)14-23-8-10-24(11-9-23)19-6-4-5-7-21(19)27-3;;/h4-7,12-13,18,25-26H,8-11,14-15H2,1-3H3;2*1H. The fraction of sp³-hybridized carbons (Fsp3) is 0.455. The number of benzene rings is 2. The van der Waals surface area contributed by atoms with Crippen LogP contribution < -0.4 is 14.4 Å². The molecule has 2 aromatic rings. The van der Waals surface area contributed by atoms with E-state index in [-0.39, 0.29) is 37.2 Å². The van der Waals surface area contributed by atoms with Crippen LogP contribution in [0.2, 0.25) is 0 Å². The summed E-state index contributed by atoms with van der Waals surface area (Å²) >= 11 is 0. The number of ether oxygens (including phenoxy) is 2. The Morgan fingerprint density at radius 3 is 2.30 bits per heavy atom. The number of hydrogen-bond acceptors (Lipinski definition) is 6. The molecule has 3 rings (SSSR count). The maximum absolute atomic E-state index is 10.4. The fourth-order valence-electron chi connectivity index (χ4n) is 3.53. The Balaban J connectivity index is 0.00000225. The largest absolute Gasteiger partial charge is 0.508 e. The van der Waals surface area contributed by atoms with E-state index in [9.17, 15) is 10.2 Å². The van der Waals surface area contributed by atoms with Gasteiger partial charge in [0.1, 0.15) is 30.0 Å². The number of nitrogens with zero attached hydrogens (tertiary/aromatic N) is 2. The van der Waals surface area contributed by atoms with E-state index >= 15 is 0 Å². The Kier molecular flexibility index (Phi) is 10.6. The lowest BCUT2D eigenvalue weighted by Crippen LogP contribution is -2.49. The molecule has 1 heterocycles. The van der Waals surface area contributed by atoms with Crippen molar-refractivity contribution in [3.05, 3.63) is 47.5 Å². The molecule has 0 aromatic heterocycles. The molecule has 2 N–H and O–H groups in total. The van der Waals surface area contributed by atoms with Gasteiger partial charge in [0.15, 0.2) is 0 Å². The molecular formula is C22H32Cl2N2O4. The van der Waals surface area contributed by atoms with Gasteiger partial charge in [0.25, 0.3) is 0 Å². The summed E-state index contributed by atoms with van der Waals surface area (Å²) in [5, 5.41) is 20.1. The second kappa shape index (κ2) is 12.1. The van der Waals surface area contributed by atoms with Crippen molar-refractivity contribution in [3.63, 3.8) is 0 Å². The number of hydrogen-bond donors (Lipinski definition) is 2. The Labute approximate surface area is 191 Å². The molecule has 1 fully saturated rings. The number of β-amino-alcohol motifs (C(OH)–C–C–N with tert-alkyl or cyclic N) is 1. The van der Waals surface area contributed by atoms with Crippen LogP contribution in [0.4, 0.5) is 5.69 Å². The summed E-state index contributed by atoms with van der Waals surface area (Å²) in [6.07, 6.45) is -0.564. The number of phenolic OH excluding ortho intramolecular Hbond substituents is 1. The van der Waals surface area contributed by atoms with Gasteiger partial charge in [0.05, 0.1) is 12.8 Å². The molecule has 1 aliphatic rings. The Morgan fingerprint density at radius 1 is 0.967 bits per heavy atom. The smallest absolute Gasteiger partial charge is 0.142 e. The molecule has 0 amide bonds. The van der Waals surface area contributed by atoms with Gasteiger partial charge in [-0.2, -0.15) is 0 Å². The zero-order valence-corrected chi connectivity index (χ0v) is 19.3. The van der Waals surface area contributed by atoms with E-state index in [2.05, 4.69) is 15.9 Å². The molecule has 0 aliphatic carbocycles. The molecule has 8 heteroatoms. The molecule has 0 radical (unpaired) electrons. The first kappa shape index (κ1) is 26.2. The average molecular weight is 459 g/mol. The van der Waals surface area contributed by atoms with Crippen molar-refractivity contribution in [2.75, 3.05) is 51.3 Å². The number of phenols is 1. The summed E-state index contributed by atoms with van der Waals surface area (Å²) in [4.78, 5) is 4.58. The number of anilines is 1. The summed E-state index contributed by atoms with van der Waals surface area (Å²) in [5.41, 5.74) is 2.75. The quantitative estimate of drug-likeness (QED) is 0.662. The number of aryl methyl sites for hydroxylation is 2. The first-order valence-electron chi connectivity index (χ1n) is 9.69. The van der Waals surface area contributed by atoms with Crippen LogP contribution in [0.25, 0.3) is 0 Å². The lowest BCUT2D eigenvalue weighted by atomic mass is 10.1. The zero-order chi connectivity index (χ0) is 20.1. The van der Waals surface area contributed by atoms with Gasteiger partial charge >= 0.3 is 0 Å². The van der Waals surface area contributed by atoms with Crippen LogP contribution in [0.1, 0.15) is 11.1 Å². The van der Waals surface area contributed by atoms with Gasteiger partial charge in [-0.3, -0.25) is 4.90 Å². The average Bonchev–Trinajstić information content (AvgIpc) is 2.70. The fourth-order valence-corrected chi connectivity index (χ4v) is 3.53. The molecular weight excluding hydrogens is 427 g/mol. The molecule has 0 spiro atoms. The molecule has 1 saturated heterocycles. The SMILES string of the molecule is COc1ccccc1N1CCN(CC(O)COc2cc(C)c(O)cc2C)CC1.Cl.Cl. The second-order valence-electron chi connectivity index (χ2n) is 7.33. The van der Waals surface area contributed by atoms with E-state index in [0.29, 0.717) is 12.3 Å². The third-order valence-corrected chi connectivity index (χ3v) is 5.19. The Hall–Kier alpha value is -1.86. The van der Waals surface area contributed by atoms with Crippen molar-refractivity contribution < 1.29 is 19.7 Å². The number of aliphatic hydroxyl groups excluding tert-OH is 1. The van der Waals surface area contributed by atoms with Gasteiger partial charge in [-0.25, -0.2) is 0 Å². The number of para-hydroxylation sites is 2. The third kappa shape index (κ3) is 6.57. The highest BCUT2D eigenvalue weighted by Crippen LogP contribution is 2.29. The lowest BCUT2D eigenvalue weighted by Gasteiger charge is -2.37. The lowest BCUT2D eigenvalue weighted by molar-refractivity contribution is 0.0660. The van der Waals surface area contributed by atoms with Crippen molar-refractivity contribution in [2.45, 2.75) is 20.0 Å². The molecule has 1 aliphatic heterocycles. The van der Waals surface area contributed by atoms with Gasteiger partial charge in [0.2, 0.25) is 0 Å². The monoisotopic (exact) mass is 458 g/mol. The molecule has 0 bridgehead atoms. The predicted molar refractivity (Wildman–Crippen MR) is 125 cm³/mol. The zero-order valence-electron chi connectivity index (χ0n) is 17.7. The molecule has 168 valence electrons. The van der Waals surface area contributed by atoms with E-state index < -0.39 is 6.10 Å². The van der Waals surface area contributed by atoms with E-state index in [1.54, 1.807) is 13.2 Å². The predicted octanol–water partition coefficient (Wildman–Crippen LogP) is 3.42. The first-order chi connectivity index (χ1) is 13.5.